The largest absolute Gasteiger partial charge is 0.599 e. The van der Waals surface area contributed by atoms with Crippen molar-refractivity contribution in [2.45, 2.75) is 13.0 Å². The van der Waals surface area contributed by atoms with Gasteiger partial charge in [0.2, 0.25) is 6.04 Å². The van der Waals surface area contributed by atoms with Gasteiger partial charge in [0.1, 0.15) is 0 Å². The zero-order valence-electron chi connectivity index (χ0n) is 7.27. The highest BCUT2D eigenvalue weighted by Crippen LogP contribution is 2.14. The Labute approximate surface area is 71.9 Å². The van der Waals surface area contributed by atoms with Gasteiger partial charge in [-0.3, -0.25) is 0 Å². The molecule has 0 amide bonds. The van der Waals surface area contributed by atoms with Crippen LogP contribution in [0.5, 0.6) is 0 Å². The van der Waals surface area contributed by atoms with Crippen LogP contribution in [0.4, 0.5) is 0 Å². The molecule has 0 spiro atoms. The van der Waals surface area contributed by atoms with E-state index in [1.807, 2.05) is 37.3 Å². The van der Waals surface area contributed by atoms with Crippen molar-refractivity contribution in [3.8, 4) is 0 Å². The van der Waals surface area contributed by atoms with E-state index < -0.39 is 0 Å². The SMILES string of the molecule is CN=[N+]([O-])C(C)c1ccccc1. The lowest BCUT2D eigenvalue weighted by molar-refractivity contribution is -0.569. The van der Waals surface area contributed by atoms with Gasteiger partial charge < -0.3 is 5.21 Å². The number of rotatable bonds is 2. The van der Waals surface area contributed by atoms with Gasteiger partial charge in [0.05, 0.1) is 7.05 Å². The Kier molecular flexibility index (Phi) is 2.80. The van der Waals surface area contributed by atoms with E-state index in [0.29, 0.717) is 4.86 Å². The first-order chi connectivity index (χ1) is 5.75. The molecule has 1 rings (SSSR count). The highest BCUT2D eigenvalue weighted by molar-refractivity contribution is 5.16. The van der Waals surface area contributed by atoms with Crippen molar-refractivity contribution in [3.63, 3.8) is 0 Å². The van der Waals surface area contributed by atoms with E-state index in [9.17, 15) is 5.21 Å². The molecule has 0 heterocycles. The van der Waals surface area contributed by atoms with E-state index in [0.717, 1.165) is 5.56 Å². The Hall–Kier alpha value is -1.38. The van der Waals surface area contributed by atoms with E-state index in [4.69, 9.17) is 0 Å². The van der Waals surface area contributed by atoms with Crippen LogP contribution in [0.2, 0.25) is 0 Å². The van der Waals surface area contributed by atoms with Crippen molar-refractivity contribution >= 4 is 0 Å². The molecule has 0 N–H and O–H groups in total. The fraction of sp³-hybridized carbons (Fsp3) is 0.333. The van der Waals surface area contributed by atoms with Gasteiger partial charge in [-0.05, 0) is 5.11 Å². The molecular weight excluding hydrogens is 152 g/mol. The van der Waals surface area contributed by atoms with Crippen molar-refractivity contribution in [3.05, 3.63) is 41.1 Å². The van der Waals surface area contributed by atoms with Gasteiger partial charge in [-0.2, -0.15) is 0 Å². The second kappa shape index (κ2) is 3.85. The molecule has 0 saturated carbocycles. The number of hydrogen-bond acceptors (Lipinski definition) is 2. The smallest absolute Gasteiger partial charge is 0.212 e. The van der Waals surface area contributed by atoms with Gasteiger partial charge in [-0.15, -0.1) is 0 Å². The molecule has 0 aliphatic carbocycles. The van der Waals surface area contributed by atoms with Crippen LogP contribution in [-0.4, -0.2) is 11.9 Å². The molecule has 1 aromatic carbocycles. The summed E-state index contributed by atoms with van der Waals surface area (Å²) in [6, 6.07) is 9.39. The standard InChI is InChI=1S/C9H12N2O/c1-8(11(12)10-2)9-6-4-3-5-7-9/h3-8H,1-2H3. The minimum absolute atomic E-state index is 0.198. The fourth-order valence-electron chi connectivity index (χ4n) is 1.03. The predicted molar refractivity (Wildman–Crippen MR) is 46.8 cm³/mol. The normalized spacial score (nSPS) is 14.3. The number of benzene rings is 1. The zero-order chi connectivity index (χ0) is 8.97. The molecule has 3 heteroatoms. The molecule has 0 bridgehead atoms. The van der Waals surface area contributed by atoms with Crippen LogP contribution in [0.15, 0.2) is 35.4 Å². The average molecular weight is 164 g/mol. The van der Waals surface area contributed by atoms with Crippen LogP contribution in [0.1, 0.15) is 18.5 Å². The maximum absolute atomic E-state index is 11.1. The van der Waals surface area contributed by atoms with Gasteiger partial charge in [0.25, 0.3) is 0 Å². The summed E-state index contributed by atoms with van der Waals surface area (Å²) in [5.74, 6) is 0. The molecule has 1 unspecified atom stereocenters. The molecule has 12 heavy (non-hydrogen) atoms. The third-order valence-electron chi connectivity index (χ3n) is 1.81. The lowest BCUT2D eigenvalue weighted by atomic mass is 10.1. The molecule has 0 aromatic heterocycles. The lowest BCUT2D eigenvalue weighted by Gasteiger charge is -2.08. The van der Waals surface area contributed by atoms with E-state index >= 15 is 0 Å². The monoisotopic (exact) mass is 164 g/mol. The predicted octanol–water partition coefficient (Wildman–Crippen LogP) is 2.34. The van der Waals surface area contributed by atoms with Gasteiger partial charge in [-0.1, -0.05) is 35.2 Å². The van der Waals surface area contributed by atoms with Crippen molar-refractivity contribution in [2.75, 3.05) is 7.05 Å². The molecule has 64 valence electrons. The fourth-order valence-corrected chi connectivity index (χ4v) is 1.03. The molecule has 3 nitrogen and oxygen atoms in total. The van der Waals surface area contributed by atoms with Gasteiger partial charge in [0, 0.05) is 12.5 Å². The van der Waals surface area contributed by atoms with Gasteiger partial charge >= 0.3 is 0 Å². The molecular formula is C9H12N2O. The molecule has 1 atom stereocenters. The van der Waals surface area contributed by atoms with Crippen molar-refractivity contribution in [1.29, 1.82) is 0 Å². The summed E-state index contributed by atoms with van der Waals surface area (Å²) in [6.45, 7) is 1.83. The van der Waals surface area contributed by atoms with E-state index in [1.54, 1.807) is 0 Å². The second-order valence-electron chi connectivity index (χ2n) is 2.59. The Morgan fingerprint density at radius 1 is 1.33 bits per heavy atom. The highest BCUT2D eigenvalue weighted by Gasteiger charge is 2.11. The van der Waals surface area contributed by atoms with Crippen LogP contribution in [-0.2, 0) is 0 Å². The molecule has 0 saturated heterocycles. The van der Waals surface area contributed by atoms with Crippen LogP contribution in [0.3, 0.4) is 0 Å². The summed E-state index contributed by atoms with van der Waals surface area (Å²) in [6.07, 6.45) is 0. The minimum atomic E-state index is -0.198. The van der Waals surface area contributed by atoms with E-state index in [-0.39, 0.29) is 6.04 Å². The highest BCUT2D eigenvalue weighted by atomic mass is 16.5. The number of hydrogen-bond donors (Lipinski definition) is 0. The summed E-state index contributed by atoms with van der Waals surface area (Å²) in [5, 5.41) is 14.6. The quantitative estimate of drug-likeness (QED) is 0.375. The van der Waals surface area contributed by atoms with Crippen molar-refractivity contribution in [1.82, 2.24) is 0 Å². The summed E-state index contributed by atoms with van der Waals surface area (Å²) in [5.41, 5.74) is 0.984. The number of nitrogens with zero attached hydrogens (tertiary/aromatic N) is 2. The summed E-state index contributed by atoms with van der Waals surface area (Å²) >= 11 is 0. The molecule has 0 aliphatic heterocycles. The first-order valence-electron chi connectivity index (χ1n) is 3.86. The molecule has 0 fully saturated rings. The minimum Gasteiger partial charge on any atom is -0.599 e. The topological polar surface area (TPSA) is 38.4 Å². The Morgan fingerprint density at radius 3 is 2.42 bits per heavy atom. The van der Waals surface area contributed by atoms with E-state index in [2.05, 4.69) is 5.11 Å². The third-order valence-corrected chi connectivity index (χ3v) is 1.81. The summed E-state index contributed by atoms with van der Waals surface area (Å²) in [7, 11) is 1.49. The van der Waals surface area contributed by atoms with Gasteiger partial charge in [0.15, 0.2) is 0 Å². The first kappa shape index (κ1) is 8.71. The zero-order valence-corrected chi connectivity index (χ0v) is 7.27. The van der Waals surface area contributed by atoms with Crippen LogP contribution < -0.4 is 0 Å². The maximum Gasteiger partial charge on any atom is 0.212 e. The molecule has 0 radical (unpaired) electrons. The third kappa shape index (κ3) is 1.81. The Balaban J connectivity index is 2.86. The first-order valence-corrected chi connectivity index (χ1v) is 3.86. The van der Waals surface area contributed by atoms with Crippen molar-refractivity contribution < 1.29 is 4.86 Å². The molecule has 1 aromatic rings. The van der Waals surface area contributed by atoms with Crippen LogP contribution >= 0.6 is 0 Å². The molecule has 0 aliphatic rings. The lowest BCUT2D eigenvalue weighted by Crippen LogP contribution is -2.06. The van der Waals surface area contributed by atoms with E-state index in [1.165, 1.54) is 7.05 Å². The summed E-state index contributed by atoms with van der Waals surface area (Å²) < 4.78 is 0. The van der Waals surface area contributed by atoms with Crippen molar-refractivity contribution in [2.24, 2.45) is 5.11 Å². The Bertz CT molecular complexity index is 269. The maximum atomic E-state index is 11.1. The Morgan fingerprint density at radius 2 is 1.92 bits per heavy atom. The number of azo groups is 1. The number of hydroxylamine groups is 1. The van der Waals surface area contributed by atoms with Crippen LogP contribution in [0.25, 0.3) is 0 Å². The summed E-state index contributed by atoms with van der Waals surface area (Å²) in [4.78, 5) is 0.704. The van der Waals surface area contributed by atoms with Gasteiger partial charge in [-0.25, -0.2) is 0 Å². The second-order valence-corrected chi connectivity index (χ2v) is 2.59. The average Bonchev–Trinajstić information content (AvgIpc) is 2.17. The van der Waals surface area contributed by atoms with Crippen LogP contribution in [0, 0.1) is 5.21 Å².